The third-order valence-corrected chi connectivity index (χ3v) is 6.39. The minimum atomic E-state index is -0.345. The van der Waals surface area contributed by atoms with E-state index in [1.165, 1.54) is 13.1 Å². The molecule has 3 N–H and O–H groups in total. The van der Waals surface area contributed by atoms with Crippen molar-refractivity contribution < 1.29 is 14.7 Å². The van der Waals surface area contributed by atoms with Crippen molar-refractivity contribution in [1.29, 1.82) is 0 Å². The number of amides is 2. The van der Waals surface area contributed by atoms with Crippen LogP contribution in [0.4, 0.5) is 0 Å². The highest BCUT2D eigenvalue weighted by molar-refractivity contribution is 6.30. The lowest BCUT2D eigenvalue weighted by molar-refractivity contribution is -0.0950. The van der Waals surface area contributed by atoms with Crippen molar-refractivity contribution >= 4 is 23.4 Å². The van der Waals surface area contributed by atoms with Gasteiger partial charge in [0, 0.05) is 24.2 Å². The number of benzene rings is 1. The average Bonchev–Trinajstić information content (AvgIpc) is 3.09. The van der Waals surface area contributed by atoms with Gasteiger partial charge >= 0.3 is 0 Å². The standard InChI is InChI=1S/C21H25ClN4O3/c1-12(13-4-3-5-14(22)6-13)26-18(7-17(25-26)19(28)23-2)20(29)24-15-8-21(9-15)10-16(27)11-21/h3-7,12,15-16,27H,8-11H2,1-2H3,(H,23,28)(H,24,29)/t12-,15-,16-,21?/m0/s1. The maximum Gasteiger partial charge on any atom is 0.271 e. The Morgan fingerprint density at radius 3 is 2.59 bits per heavy atom. The molecule has 4 rings (SSSR count). The average molecular weight is 417 g/mol. The van der Waals surface area contributed by atoms with Crippen LogP contribution in [0.2, 0.25) is 5.02 Å². The van der Waals surface area contributed by atoms with Crippen LogP contribution in [0.15, 0.2) is 30.3 Å². The van der Waals surface area contributed by atoms with Crippen molar-refractivity contribution in [3.8, 4) is 0 Å². The highest BCUT2D eigenvalue weighted by Crippen LogP contribution is 2.55. The van der Waals surface area contributed by atoms with Crippen LogP contribution in [0.25, 0.3) is 0 Å². The van der Waals surface area contributed by atoms with E-state index >= 15 is 0 Å². The fourth-order valence-corrected chi connectivity index (χ4v) is 4.82. The fraction of sp³-hybridized carbons (Fsp3) is 0.476. The number of carbonyl (C=O) groups excluding carboxylic acids is 2. The summed E-state index contributed by atoms with van der Waals surface area (Å²) in [7, 11) is 1.53. The van der Waals surface area contributed by atoms with E-state index in [0.717, 1.165) is 31.2 Å². The molecule has 1 heterocycles. The molecule has 2 saturated carbocycles. The smallest absolute Gasteiger partial charge is 0.271 e. The summed E-state index contributed by atoms with van der Waals surface area (Å²) in [6.07, 6.45) is 3.22. The molecular weight excluding hydrogens is 392 g/mol. The molecule has 154 valence electrons. The molecule has 8 heteroatoms. The van der Waals surface area contributed by atoms with Crippen LogP contribution in [0.3, 0.4) is 0 Å². The van der Waals surface area contributed by atoms with Crippen molar-refractivity contribution in [3.63, 3.8) is 0 Å². The molecule has 2 aromatic rings. The quantitative estimate of drug-likeness (QED) is 0.697. The Kier molecular flexibility index (Phi) is 5.12. The van der Waals surface area contributed by atoms with Gasteiger partial charge in [-0.05, 0) is 55.7 Å². The SMILES string of the molecule is CNC(=O)c1cc(C(=O)N[C@H]2CC3(C[C@@H](O)C3)C2)n([C@@H](C)c2cccc(Cl)c2)n1. The molecule has 2 aliphatic carbocycles. The third-order valence-electron chi connectivity index (χ3n) is 6.16. The van der Waals surface area contributed by atoms with Gasteiger partial charge in [-0.2, -0.15) is 5.10 Å². The van der Waals surface area contributed by atoms with Gasteiger partial charge in [-0.25, -0.2) is 0 Å². The highest BCUT2D eigenvalue weighted by atomic mass is 35.5. The second-order valence-corrected chi connectivity index (χ2v) is 8.75. The largest absolute Gasteiger partial charge is 0.393 e. The van der Waals surface area contributed by atoms with Crippen LogP contribution in [-0.4, -0.2) is 45.9 Å². The van der Waals surface area contributed by atoms with Gasteiger partial charge in [-0.15, -0.1) is 0 Å². The van der Waals surface area contributed by atoms with E-state index in [-0.39, 0.29) is 41.1 Å². The molecule has 2 fully saturated rings. The topological polar surface area (TPSA) is 96.3 Å². The lowest BCUT2D eigenvalue weighted by atomic mass is 9.53. The number of nitrogens with zero attached hydrogens (tertiary/aromatic N) is 2. The van der Waals surface area contributed by atoms with Crippen LogP contribution in [-0.2, 0) is 0 Å². The summed E-state index contributed by atoms with van der Waals surface area (Å²) in [6.45, 7) is 1.91. The number of aromatic nitrogens is 2. The summed E-state index contributed by atoms with van der Waals surface area (Å²) in [5, 5.41) is 20.2. The number of carbonyl (C=O) groups is 2. The summed E-state index contributed by atoms with van der Waals surface area (Å²) in [5.41, 5.74) is 1.63. The Balaban J connectivity index is 1.55. The molecule has 1 atom stereocenters. The van der Waals surface area contributed by atoms with Crippen LogP contribution in [0, 0.1) is 5.41 Å². The predicted octanol–water partition coefficient (Wildman–Crippen LogP) is 2.54. The van der Waals surface area contributed by atoms with E-state index < -0.39 is 0 Å². The monoisotopic (exact) mass is 416 g/mol. The van der Waals surface area contributed by atoms with Crippen molar-refractivity contribution in [2.45, 2.75) is 50.8 Å². The normalized spacial score (nSPS) is 26.3. The first-order valence-corrected chi connectivity index (χ1v) is 10.2. The van der Waals surface area contributed by atoms with Gasteiger partial charge in [-0.3, -0.25) is 14.3 Å². The summed E-state index contributed by atoms with van der Waals surface area (Å²) >= 11 is 6.12. The Labute approximate surface area is 174 Å². The number of halogens is 1. The molecule has 0 saturated heterocycles. The number of rotatable bonds is 5. The Bertz CT molecular complexity index is 943. The van der Waals surface area contributed by atoms with Gasteiger partial charge in [0.05, 0.1) is 12.1 Å². The summed E-state index contributed by atoms with van der Waals surface area (Å²) < 4.78 is 1.58. The van der Waals surface area contributed by atoms with Crippen LogP contribution in [0.1, 0.15) is 65.2 Å². The molecule has 29 heavy (non-hydrogen) atoms. The number of hydrogen-bond donors (Lipinski definition) is 3. The van der Waals surface area contributed by atoms with E-state index in [1.54, 1.807) is 10.7 Å². The third kappa shape index (κ3) is 3.76. The van der Waals surface area contributed by atoms with E-state index in [9.17, 15) is 14.7 Å². The number of aliphatic hydroxyl groups excluding tert-OH is 1. The maximum absolute atomic E-state index is 13.0. The lowest BCUT2D eigenvalue weighted by Crippen LogP contribution is -2.57. The summed E-state index contributed by atoms with van der Waals surface area (Å²) in [4.78, 5) is 25.1. The summed E-state index contributed by atoms with van der Waals surface area (Å²) in [5.74, 6) is -0.594. The van der Waals surface area contributed by atoms with E-state index in [4.69, 9.17) is 11.6 Å². The van der Waals surface area contributed by atoms with E-state index in [1.807, 2.05) is 25.1 Å². The zero-order valence-electron chi connectivity index (χ0n) is 16.5. The highest BCUT2D eigenvalue weighted by Gasteiger charge is 2.52. The number of hydrogen-bond acceptors (Lipinski definition) is 4. The first kappa shape index (κ1) is 19.9. The van der Waals surface area contributed by atoms with Crippen molar-refractivity contribution in [2.24, 2.45) is 5.41 Å². The van der Waals surface area contributed by atoms with E-state index in [2.05, 4.69) is 15.7 Å². The molecule has 0 unspecified atom stereocenters. The van der Waals surface area contributed by atoms with E-state index in [0.29, 0.717) is 10.7 Å². The van der Waals surface area contributed by atoms with Crippen LogP contribution < -0.4 is 10.6 Å². The molecule has 0 radical (unpaired) electrons. The van der Waals surface area contributed by atoms with Gasteiger partial charge in [0.15, 0.2) is 5.69 Å². The molecule has 1 aromatic heterocycles. The fourth-order valence-electron chi connectivity index (χ4n) is 4.63. The predicted molar refractivity (Wildman–Crippen MR) is 109 cm³/mol. The number of aliphatic hydroxyl groups is 1. The molecule has 1 spiro atoms. The second kappa shape index (κ2) is 7.46. The van der Waals surface area contributed by atoms with Gasteiger partial charge in [0.1, 0.15) is 5.69 Å². The lowest BCUT2D eigenvalue weighted by Gasteiger charge is -2.56. The van der Waals surface area contributed by atoms with Crippen molar-refractivity contribution in [2.75, 3.05) is 7.05 Å². The molecular formula is C21H25ClN4O3. The van der Waals surface area contributed by atoms with Crippen LogP contribution in [0.5, 0.6) is 0 Å². The van der Waals surface area contributed by atoms with Gasteiger partial charge < -0.3 is 15.7 Å². The Morgan fingerprint density at radius 2 is 1.97 bits per heavy atom. The first-order valence-electron chi connectivity index (χ1n) is 9.86. The van der Waals surface area contributed by atoms with Gasteiger partial charge in [-0.1, -0.05) is 23.7 Å². The first-order chi connectivity index (χ1) is 13.8. The second-order valence-electron chi connectivity index (χ2n) is 8.31. The molecule has 0 aliphatic heterocycles. The Morgan fingerprint density at radius 1 is 1.24 bits per heavy atom. The number of nitrogens with one attached hydrogen (secondary N) is 2. The minimum Gasteiger partial charge on any atom is -0.393 e. The molecule has 0 bridgehead atoms. The zero-order valence-corrected chi connectivity index (χ0v) is 17.2. The van der Waals surface area contributed by atoms with Crippen molar-refractivity contribution in [1.82, 2.24) is 20.4 Å². The van der Waals surface area contributed by atoms with Gasteiger partial charge in [0.2, 0.25) is 0 Å². The Hall–Kier alpha value is -2.38. The molecule has 2 aliphatic rings. The maximum atomic E-state index is 13.0. The molecule has 7 nitrogen and oxygen atoms in total. The van der Waals surface area contributed by atoms with Crippen molar-refractivity contribution in [3.05, 3.63) is 52.3 Å². The molecule has 1 aromatic carbocycles. The summed E-state index contributed by atoms with van der Waals surface area (Å²) in [6, 6.07) is 8.71. The van der Waals surface area contributed by atoms with Crippen LogP contribution >= 0.6 is 11.6 Å². The van der Waals surface area contributed by atoms with Gasteiger partial charge in [0.25, 0.3) is 11.8 Å². The molecule has 2 amide bonds. The zero-order chi connectivity index (χ0) is 20.8. The minimum absolute atomic E-state index is 0.0864.